The average Bonchev–Trinajstić information content (AvgIpc) is 3.38. The average molecular weight is 370 g/mol. The van der Waals surface area contributed by atoms with E-state index in [1.807, 2.05) is 48.9 Å². The highest BCUT2D eigenvalue weighted by molar-refractivity contribution is 7.22. The number of thiazole rings is 1. The van der Waals surface area contributed by atoms with Crippen molar-refractivity contribution in [2.45, 2.75) is 39.3 Å². The highest BCUT2D eigenvalue weighted by atomic mass is 32.1. The van der Waals surface area contributed by atoms with Crippen molar-refractivity contribution in [2.24, 2.45) is 0 Å². The van der Waals surface area contributed by atoms with E-state index < -0.39 is 0 Å². The van der Waals surface area contributed by atoms with Gasteiger partial charge >= 0.3 is 0 Å². The lowest BCUT2D eigenvalue weighted by Crippen LogP contribution is -2.37. The summed E-state index contributed by atoms with van der Waals surface area (Å²) in [6, 6.07) is 9.80. The zero-order chi connectivity index (χ0) is 18.1. The van der Waals surface area contributed by atoms with Gasteiger partial charge in [-0.1, -0.05) is 23.5 Å². The molecule has 1 fully saturated rings. The normalized spacial score (nSPS) is 17.1. The molecule has 0 bridgehead atoms. The van der Waals surface area contributed by atoms with Gasteiger partial charge in [-0.05, 0) is 44.9 Å². The molecule has 0 saturated carbocycles. The molecular weight excluding hydrogens is 348 g/mol. The van der Waals surface area contributed by atoms with Crippen molar-refractivity contribution >= 4 is 32.6 Å². The number of fused-ring (bicyclic) bond motifs is 1. The van der Waals surface area contributed by atoms with Gasteiger partial charge in [-0.15, -0.1) is 0 Å². The van der Waals surface area contributed by atoms with Gasteiger partial charge in [-0.2, -0.15) is 5.10 Å². The van der Waals surface area contributed by atoms with Crippen molar-refractivity contribution in [1.82, 2.24) is 14.8 Å². The number of aryl methyl sites for hydroxylation is 2. The molecule has 0 N–H and O–H groups in total. The third-order valence-electron chi connectivity index (χ3n) is 4.67. The van der Waals surface area contributed by atoms with E-state index in [0.29, 0.717) is 17.4 Å². The maximum Gasteiger partial charge on any atom is 0.280 e. The molecule has 0 aliphatic carbocycles. The topological polar surface area (TPSA) is 60.2 Å². The number of hydrogen-bond donors (Lipinski definition) is 0. The number of amides is 1. The summed E-state index contributed by atoms with van der Waals surface area (Å²) in [6.07, 6.45) is 2.06. The van der Waals surface area contributed by atoms with E-state index in [2.05, 4.69) is 10.1 Å². The van der Waals surface area contributed by atoms with E-state index in [4.69, 9.17) is 4.74 Å². The standard InChI is InChI=1S/C19H22N4O2S/c1-3-23-13(2)11-16(21-23)18(24)22(12-14-7-6-10-25-14)19-20-15-8-4-5-9-17(15)26-19/h4-5,8-9,11,14H,3,6-7,10,12H2,1-2H3. The van der Waals surface area contributed by atoms with Crippen LogP contribution in [0.15, 0.2) is 30.3 Å². The van der Waals surface area contributed by atoms with E-state index in [-0.39, 0.29) is 12.0 Å². The number of anilines is 1. The Morgan fingerprint density at radius 1 is 1.42 bits per heavy atom. The fourth-order valence-electron chi connectivity index (χ4n) is 3.29. The molecule has 1 saturated heterocycles. The summed E-state index contributed by atoms with van der Waals surface area (Å²) in [6.45, 7) is 6.00. The number of nitrogens with zero attached hydrogens (tertiary/aromatic N) is 4. The van der Waals surface area contributed by atoms with Crippen molar-refractivity contribution < 1.29 is 9.53 Å². The first-order valence-corrected chi connectivity index (χ1v) is 9.81. The van der Waals surface area contributed by atoms with Crippen LogP contribution in [0.3, 0.4) is 0 Å². The zero-order valence-electron chi connectivity index (χ0n) is 15.0. The van der Waals surface area contributed by atoms with Gasteiger partial charge < -0.3 is 4.74 Å². The van der Waals surface area contributed by atoms with Crippen molar-refractivity contribution in [3.8, 4) is 0 Å². The van der Waals surface area contributed by atoms with Crippen LogP contribution in [0.2, 0.25) is 0 Å². The summed E-state index contributed by atoms with van der Waals surface area (Å²) in [5.41, 5.74) is 2.35. The minimum atomic E-state index is -0.116. The minimum absolute atomic E-state index is 0.0559. The summed E-state index contributed by atoms with van der Waals surface area (Å²) < 4.78 is 8.69. The number of rotatable bonds is 5. The molecule has 1 aliphatic rings. The van der Waals surface area contributed by atoms with E-state index in [1.165, 1.54) is 11.3 Å². The molecule has 1 atom stereocenters. The number of ether oxygens (including phenoxy) is 1. The Kier molecular flexibility index (Phi) is 4.74. The summed E-state index contributed by atoms with van der Waals surface area (Å²) in [4.78, 5) is 19.7. The van der Waals surface area contributed by atoms with Crippen molar-refractivity contribution in [1.29, 1.82) is 0 Å². The van der Waals surface area contributed by atoms with Gasteiger partial charge in [0.1, 0.15) is 0 Å². The lowest BCUT2D eigenvalue weighted by molar-refractivity contribution is 0.0912. The van der Waals surface area contributed by atoms with Crippen LogP contribution in [-0.4, -0.2) is 39.9 Å². The lowest BCUT2D eigenvalue weighted by Gasteiger charge is -2.22. The predicted octanol–water partition coefficient (Wildman–Crippen LogP) is 3.65. The highest BCUT2D eigenvalue weighted by Crippen LogP contribution is 2.30. The van der Waals surface area contributed by atoms with Crippen LogP contribution < -0.4 is 4.90 Å². The third-order valence-corrected chi connectivity index (χ3v) is 5.73. The molecule has 7 heteroatoms. The van der Waals surface area contributed by atoms with E-state index in [1.54, 1.807) is 4.90 Å². The summed E-state index contributed by atoms with van der Waals surface area (Å²) in [5.74, 6) is -0.116. The molecule has 4 rings (SSSR count). The molecule has 3 aromatic rings. The Bertz CT molecular complexity index is 894. The van der Waals surface area contributed by atoms with Gasteiger partial charge in [0.05, 0.1) is 22.9 Å². The van der Waals surface area contributed by atoms with Crippen molar-refractivity contribution in [3.05, 3.63) is 41.7 Å². The number of aromatic nitrogens is 3. The second kappa shape index (κ2) is 7.17. The maximum absolute atomic E-state index is 13.3. The fraction of sp³-hybridized carbons (Fsp3) is 0.421. The number of carbonyl (C=O) groups is 1. The van der Waals surface area contributed by atoms with Gasteiger partial charge in [0.15, 0.2) is 10.8 Å². The van der Waals surface area contributed by atoms with Crippen LogP contribution in [0.4, 0.5) is 5.13 Å². The lowest BCUT2D eigenvalue weighted by atomic mass is 10.2. The highest BCUT2D eigenvalue weighted by Gasteiger charge is 2.28. The minimum Gasteiger partial charge on any atom is -0.376 e. The Balaban J connectivity index is 1.70. The zero-order valence-corrected chi connectivity index (χ0v) is 15.8. The van der Waals surface area contributed by atoms with Crippen LogP contribution in [0.1, 0.15) is 35.9 Å². The van der Waals surface area contributed by atoms with Crippen molar-refractivity contribution in [2.75, 3.05) is 18.1 Å². The Morgan fingerprint density at radius 2 is 2.27 bits per heavy atom. The van der Waals surface area contributed by atoms with E-state index >= 15 is 0 Å². The van der Waals surface area contributed by atoms with Gasteiger partial charge in [0.25, 0.3) is 5.91 Å². The molecule has 1 aliphatic heterocycles. The van der Waals surface area contributed by atoms with Gasteiger partial charge in [-0.25, -0.2) is 4.98 Å². The summed E-state index contributed by atoms with van der Waals surface area (Å²) in [7, 11) is 0. The Labute approximate surface area is 156 Å². The predicted molar refractivity (Wildman–Crippen MR) is 103 cm³/mol. The largest absolute Gasteiger partial charge is 0.376 e. The summed E-state index contributed by atoms with van der Waals surface area (Å²) in [5, 5.41) is 5.17. The summed E-state index contributed by atoms with van der Waals surface area (Å²) >= 11 is 1.53. The van der Waals surface area contributed by atoms with E-state index in [9.17, 15) is 4.79 Å². The molecule has 136 valence electrons. The quantitative estimate of drug-likeness (QED) is 0.688. The smallest absolute Gasteiger partial charge is 0.280 e. The molecule has 1 aromatic carbocycles. The number of para-hydroxylation sites is 1. The molecular formula is C19H22N4O2S. The molecule has 6 nitrogen and oxygen atoms in total. The van der Waals surface area contributed by atoms with Crippen LogP contribution in [-0.2, 0) is 11.3 Å². The number of benzene rings is 1. The Morgan fingerprint density at radius 3 is 2.96 bits per heavy atom. The fourth-order valence-corrected chi connectivity index (χ4v) is 4.26. The molecule has 1 unspecified atom stereocenters. The molecule has 26 heavy (non-hydrogen) atoms. The van der Waals surface area contributed by atoms with Crippen LogP contribution >= 0.6 is 11.3 Å². The number of hydrogen-bond acceptors (Lipinski definition) is 5. The second-order valence-electron chi connectivity index (χ2n) is 6.50. The third kappa shape index (κ3) is 3.24. The monoisotopic (exact) mass is 370 g/mol. The molecule has 3 heterocycles. The molecule has 0 spiro atoms. The van der Waals surface area contributed by atoms with Gasteiger partial charge in [-0.3, -0.25) is 14.4 Å². The van der Waals surface area contributed by atoms with Crippen LogP contribution in [0.5, 0.6) is 0 Å². The molecule has 1 amide bonds. The van der Waals surface area contributed by atoms with Crippen molar-refractivity contribution in [3.63, 3.8) is 0 Å². The van der Waals surface area contributed by atoms with Crippen LogP contribution in [0, 0.1) is 6.92 Å². The van der Waals surface area contributed by atoms with Crippen LogP contribution in [0.25, 0.3) is 10.2 Å². The SMILES string of the molecule is CCn1nc(C(=O)N(CC2CCCO2)c2nc3ccccc3s2)cc1C. The van der Waals surface area contributed by atoms with Gasteiger partial charge in [0.2, 0.25) is 0 Å². The first kappa shape index (κ1) is 17.2. The van der Waals surface area contributed by atoms with E-state index in [0.717, 1.165) is 41.9 Å². The Hall–Kier alpha value is -2.25. The molecule has 2 aromatic heterocycles. The number of carbonyl (C=O) groups excluding carboxylic acids is 1. The second-order valence-corrected chi connectivity index (χ2v) is 7.51. The maximum atomic E-state index is 13.3. The first-order valence-electron chi connectivity index (χ1n) is 8.99. The van der Waals surface area contributed by atoms with Gasteiger partial charge in [0, 0.05) is 18.8 Å². The molecule has 0 radical (unpaired) electrons. The first-order chi connectivity index (χ1) is 12.7.